The third-order valence-corrected chi connectivity index (χ3v) is 2.69. The molecule has 0 amide bonds. The third kappa shape index (κ3) is 2.87. The lowest BCUT2D eigenvalue weighted by Gasteiger charge is -2.15. The topological polar surface area (TPSA) is 41.3 Å². The van der Waals surface area contributed by atoms with E-state index in [2.05, 4.69) is 21.4 Å². The lowest BCUT2D eigenvalue weighted by molar-refractivity contribution is 0.486. The highest BCUT2D eigenvalue weighted by Crippen LogP contribution is 2.27. The molecule has 0 fully saturated rings. The van der Waals surface area contributed by atoms with Crippen LogP contribution < -0.4 is 11.2 Å². The summed E-state index contributed by atoms with van der Waals surface area (Å²) in [5.41, 5.74) is 9.12. The average Bonchev–Trinajstić information content (AvgIpc) is 2.12. The number of hydrogen-bond acceptors (Lipinski definition) is 3. The van der Waals surface area contributed by atoms with Gasteiger partial charge in [0.25, 0.3) is 0 Å². The number of hydrazine groups is 1. The fraction of sp³-hybridized carbons (Fsp3) is 0.222. The van der Waals surface area contributed by atoms with E-state index in [9.17, 15) is 4.39 Å². The number of halogens is 2. The fourth-order valence-electron chi connectivity index (χ4n) is 1.07. The molecule has 0 aliphatic carbocycles. The van der Waals surface area contributed by atoms with Crippen LogP contribution in [-0.2, 0) is 0 Å². The molecule has 0 spiro atoms. The first kappa shape index (κ1) is 12.4. The van der Waals surface area contributed by atoms with Crippen molar-refractivity contribution in [1.82, 2.24) is 5.01 Å². The van der Waals surface area contributed by atoms with Crippen LogP contribution in [0.4, 0.5) is 10.1 Å². The maximum absolute atomic E-state index is 13.7. The number of nitrogens with one attached hydrogen (secondary N) is 1. The van der Waals surface area contributed by atoms with E-state index in [0.29, 0.717) is 11.3 Å². The molecule has 3 N–H and O–H groups in total. The minimum absolute atomic E-state index is 0.164. The Kier molecular flexibility index (Phi) is 4.01. The number of benzene rings is 1. The molecule has 0 saturated carbocycles. The Morgan fingerprint density at radius 3 is 2.60 bits per heavy atom. The summed E-state index contributed by atoms with van der Waals surface area (Å²) in [6.45, 7) is 0. The zero-order valence-electron chi connectivity index (χ0n) is 8.34. The maximum atomic E-state index is 13.7. The zero-order valence-corrected chi connectivity index (χ0v) is 10.7. The van der Waals surface area contributed by atoms with Crippen molar-refractivity contribution in [2.75, 3.05) is 19.5 Å². The molecule has 3 nitrogen and oxygen atoms in total. The molecule has 0 aliphatic rings. The Hall–Kier alpha value is -0.720. The number of rotatable bonds is 3. The Morgan fingerprint density at radius 1 is 1.53 bits per heavy atom. The van der Waals surface area contributed by atoms with Crippen LogP contribution in [0.15, 0.2) is 16.6 Å². The minimum Gasteiger partial charge on any atom is -0.389 e. The van der Waals surface area contributed by atoms with Crippen LogP contribution in [0.3, 0.4) is 0 Å². The van der Waals surface area contributed by atoms with E-state index in [-0.39, 0.29) is 9.46 Å². The molecule has 82 valence electrons. The van der Waals surface area contributed by atoms with E-state index < -0.39 is 5.82 Å². The Morgan fingerprint density at radius 2 is 2.13 bits per heavy atom. The van der Waals surface area contributed by atoms with Gasteiger partial charge < -0.3 is 11.2 Å². The van der Waals surface area contributed by atoms with E-state index in [1.54, 1.807) is 31.2 Å². The first-order valence-corrected chi connectivity index (χ1v) is 5.35. The summed E-state index contributed by atoms with van der Waals surface area (Å²) in [5.74, 6) is -0.408. The third-order valence-electron chi connectivity index (χ3n) is 1.69. The van der Waals surface area contributed by atoms with Gasteiger partial charge in [0.1, 0.15) is 4.99 Å². The van der Waals surface area contributed by atoms with Crippen LogP contribution in [0, 0.1) is 5.82 Å². The molecule has 0 saturated heterocycles. The first-order chi connectivity index (χ1) is 6.93. The Bertz CT molecular complexity index is 395. The van der Waals surface area contributed by atoms with Crippen LogP contribution in [-0.4, -0.2) is 24.1 Å². The molecule has 6 heteroatoms. The maximum Gasteiger partial charge on any atom is 0.162 e. The monoisotopic (exact) mass is 291 g/mol. The lowest BCUT2D eigenvalue weighted by Crippen LogP contribution is -2.21. The summed E-state index contributed by atoms with van der Waals surface area (Å²) in [7, 11) is 3.55. The molecule has 0 aliphatic heterocycles. The van der Waals surface area contributed by atoms with E-state index >= 15 is 0 Å². The smallest absolute Gasteiger partial charge is 0.162 e. The fourth-order valence-corrected chi connectivity index (χ4v) is 1.93. The number of nitrogens with zero attached hydrogens (tertiary/aromatic N) is 1. The first-order valence-electron chi connectivity index (χ1n) is 4.15. The normalized spacial score (nSPS) is 10.5. The predicted molar refractivity (Wildman–Crippen MR) is 67.3 cm³/mol. The highest BCUT2D eigenvalue weighted by atomic mass is 79.9. The molecule has 1 aromatic carbocycles. The van der Waals surface area contributed by atoms with Crippen molar-refractivity contribution in [1.29, 1.82) is 0 Å². The molecular weight excluding hydrogens is 281 g/mol. The summed E-state index contributed by atoms with van der Waals surface area (Å²) >= 11 is 7.91. The quantitative estimate of drug-likeness (QED) is 0.661. The van der Waals surface area contributed by atoms with Gasteiger partial charge in [-0.25, -0.2) is 9.40 Å². The van der Waals surface area contributed by atoms with E-state index in [1.165, 1.54) is 0 Å². The molecule has 1 aromatic rings. The van der Waals surface area contributed by atoms with Crippen LogP contribution in [0.2, 0.25) is 0 Å². The van der Waals surface area contributed by atoms with Gasteiger partial charge in [-0.2, -0.15) is 0 Å². The molecule has 0 bridgehead atoms. The van der Waals surface area contributed by atoms with Crippen molar-refractivity contribution in [3.05, 3.63) is 28.0 Å². The molecule has 1 rings (SSSR count). The van der Waals surface area contributed by atoms with Crippen molar-refractivity contribution in [2.24, 2.45) is 5.73 Å². The van der Waals surface area contributed by atoms with Gasteiger partial charge in [0.2, 0.25) is 0 Å². The van der Waals surface area contributed by atoms with Crippen molar-refractivity contribution in [3.8, 4) is 0 Å². The summed E-state index contributed by atoms with van der Waals surface area (Å²) < 4.78 is 14.0. The second-order valence-corrected chi connectivity index (χ2v) is 4.39. The number of nitrogens with two attached hydrogens (primary N) is 1. The second-order valence-electron chi connectivity index (χ2n) is 3.16. The van der Waals surface area contributed by atoms with E-state index in [0.717, 1.165) is 0 Å². The Balaban J connectivity index is 3.15. The summed E-state index contributed by atoms with van der Waals surface area (Å²) in [6, 6.07) is 3.26. The van der Waals surface area contributed by atoms with Crippen molar-refractivity contribution in [2.45, 2.75) is 0 Å². The highest BCUT2D eigenvalue weighted by molar-refractivity contribution is 9.10. The lowest BCUT2D eigenvalue weighted by atomic mass is 10.2. The van der Waals surface area contributed by atoms with Gasteiger partial charge in [-0.1, -0.05) is 12.2 Å². The van der Waals surface area contributed by atoms with Crippen molar-refractivity contribution >= 4 is 38.8 Å². The van der Waals surface area contributed by atoms with Crippen molar-refractivity contribution in [3.63, 3.8) is 0 Å². The van der Waals surface area contributed by atoms with E-state index in [4.69, 9.17) is 18.0 Å². The minimum atomic E-state index is -0.408. The number of thiocarbonyl (C=S) groups is 1. The molecule has 0 atom stereocenters. The summed E-state index contributed by atoms with van der Waals surface area (Å²) in [6.07, 6.45) is 0. The van der Waals surface area contributed by atoms with Crippen LogP contribution in [0.25, 0.3) is 0 Å². The number of hydrogen-bond donors (Lipinski definition) is 2. The van der Waals surface area contributed by atoms with Gasteiger partial charge in [-0.15, -0.1) is 0 Å². The van der Waals surface area contributed by atoms with Crippen molar-refractivity contribution < 1.29 is 4.39 Å². The van der Waals surface area contributed by atoms with Gasteiger partial charge in [-0.3, -0.25) is 0 Å². The van der Waals surface area contributed by atoms with Gasteiger partial charge >= 0.3 is 0 Å². The molecule has 0 heterocycles. The highest BCUT2D eigenvalue weighted by Gasteiger charge is 2.12. The van der Waals surface area contributed by atoms with Gasteiger partial charge in [0.15, 0.2) is 5.82 Å². The van der Waals surface area contributed by atoms with Crippen LogP contribution >= 0.6 is 28.1 Å². The summed E-state index contributed by atoms with van der Waals surface area (Å²) in [4.78, 5) is 0.164. The molecular formula is C9H11BrFN3S. The SMILES string of the molecule is CN(C)Nc1ccc(C(N)=S)c(Br)c1F. The summed E-state index contributed by atoms with van der Waals surface area (Å²) in [5, 5.41) is 1.64. The van der Waals surface area contributed by atoms with Gasteiger partial charge in [-0.05, 0) is 28.1 Å². The van der Waals surface area contributed by atoms with E-state index in [1.807, 2.05) is 0 Å². The predicted octanol–water partition coefficient (Wildman–Crippen LogP) is 2.11. The molecule has 0 unspecified atom stereocenters. The molecule has 0 aromatic heterocycles. The average molecular weight is 292 g/mol. The van der Waals surface area contributed by atoms with Crippen LogP contribution in [0.1, 0.15) is 5.56 Å². The Labute approximate surface area is 102 Å². The second kappa shape index (κ2) is 4.87. The van der Waals surface area contributed by atoms with Gasteiger partial charge in [0, 0.05) is 19.7 Å². The zero-order chi connectivity index (χ0) is 11.6. The number of anilines is 1. The van der Waals surface area contributed by atoms with Crippen LogP contribution in [0.5, 0.6) is 0 Å². The largest absolute Gasteiger partial charge is 0.389 e. The van der Waals surface area contributed by atoms with Gasteiger partial charge in [0.05, 0.1) is 10.2 Å². The molecule has 15 heavy (non-hydrogen) atoms. The standard InChI is InChI=1S/C9H11BrFN3S/c1-14(2)13-6-4-3-5(9(12)15)7(10)8(6)11/h3-4,13H,1-2H3,(H2,12,15). The molecule has 0 radical (unpaired) electrons.